The molecule has 40 heavy (non-hydrogen) atoms. The molecule has 1 aromatic carbocycles. The lowest BCUT2D eigenvalue weighted by Gasteiger charge is -2.45. The van der Waals surface area contributed by atoms with Crippen LogP contribution >= 0.6 is 0 Å². The first-order valence-electron chi connectivity index (χ1n) is 14.3. The molecule has 2 atom stereocenters. The van der Waals surface area contributed by atoms with Crippen LogP contribution in [-0.4, -0.2) is 89.3 Å². The standard InChI is InChI=1S/C29H42N4O7/c1-5-23(25(35)36)39-20-8-9-22(31-27(38)30-6-2)21(16-20)24(34)32-14-10-19(11-15-32)33-13-7-12-29(18-33)17-28(3,4)40-26(29)37/h8-9,16,19,23H,5-7,10-15,17-18H2,1-4H3,(H,35,36)(H2,30,31,38). The minimum Gasteiger partial charge on any atom is -0.479 e. The normalized spacial score (nSPS) is 23.9. The summed E-state index contributed by atoms with van der Waals surface area (Å²) in [4.78, 5) is 54.4. The molecule has 3 heterocycles. The molecule has 3 amide bonds. The van der Waals surface area contributed by atoms with Crippen LogP contribution in [0.1, 0.15) is 76.6 Å². The lowest BCUT2D eigenvalue weighted by atomic mass is 9.74. The Labute approximate surface area is 235 Å². The Morgan fingerprint density at radius 3 is 2.50 bits per heavy atom. The van der Waals surface area contributed by atoms with E-state index in [1.54, 1.807) is 30.9 Å². The minimum atomic E-state index is -1.09. The number of piperidine rings is 2. The zero-order valence-electron chi connectivity index (χ0n) is 24.0. The number of cyclic esters (lactones) is 1. The summed E-state index contributed by atoms with van der Waals surface area (Å²) >= 11 is 0. The number of urea groups is 1. The molecule has 4 rings (SSSR count). The van der Waals surface area contributed by atoms with E-state index in [0.29, 0.717) is 31.9 Å². The molecule has 0 saturated carbocycles. The number of carboxylic acid groups (broad SMARTS) is 1. The van der Waals surface area contributed by atoms with E-state index < -0.39 is 29.1 Å². The first-order chi connectivity index (χ1) is 19.0. The highest BCUT2D eigenvalue weighted by Gasteiger charge is 2.54. The predicted octanol–water partition coefficient (Wildman–Crippen LogP) is 3.48. The van der Waals surface area contributed by atoms with Gasteiger partial charge < -0.3 is 30.1 Å². The molecule has 3 aliphatic heterocycles. The van der Waals surface area contributed by atoms with Crippen molar-refractivity contribution in [1.29, 1.82) is 0 Å². The van der Waals surface area contributed by atoms with Crippen molar-refractivity contribution in [3.63, 3.8) is 0 Å². The zero-order valence-corrected chi connectivity index (χ0v) is 24.0. The molecule has 3 fully saturated rings. The number of rotatable bonds is 8. The number of likely N-dealkylation sites (tertiary alicyclic amines) is 2. The van der Waals surface area contributed by atoms with Crippen molar-refractivity contribution >= 4 is 29.6 Å². The number of nitrogens with zero attached hydrogens (tertiary/aromatic N) is 2. The van der Waals surface area contributed by atoms with Gasteiger partial charge in [0.15, 0.2) is 6.10 Å². The van der Waals surface area contributed by atoms with Gasteiger partial charge in [0.2, 0.25) is 0 Å². The number of ether oxygens (including phenoxy) is 2. The van der Waals surface area contributed by atoms with Crippen LogP contribution in [0.2, 0.25) is 0 Å². The topological polar surface area (TPSA) is 138 Å². The second-order valence-electron chi connectivity index (χ2n) is 11.7. The van der Waals surface area contributed by atoms with Gasteiger partial charge in [-0.25, -0.2) is 9.59 Å². The van der Waals surface area contributed by atoms with Crippen LogP contribution in [0.5, 0.6) is 5.75 Å². The maximum atomic E-state index is 13.7. The van der Waals surface area contributed by atoms with E-state index >= 15 is 0 Å². The third-order valence-electron chi connectivity index (χ3n) is 8.17. The third kappa shape index (κ3) is 6.51. The minimum absolute atomic E-state index is 0.0859. The van der Waals surface area contributed by atoms with Crippen molar-refractivity contribution in [2.75, 3.05) is 38.0 Å². The molecule has 11 nitrogen and oxygen atoms in total. The molecule has 1 spiro atoms. The van der Waals surface area contributed by atoms with Crippen molar-refractivity contribution in [3.05, 3.63) is 23.8 Å². The van der Waals surface area contributed by atoms with Gasteiger partial charge in [0.25, 0.3) is 5.91 Å². The number of anilines is 1. The Balaban J connectivity index is 1.46. The van der Waals surface area contributed by atoms with E-state index in [2.05, 4.69) is 15.5 Å². The molecular formula is C29H42N4O7. The van der Waals surface area contributed by atoms with Crippen LogP contribution in [-0.2, 0) is 14.3 Å². The number of carbonyl (C=O) groups excluding carboxylic acids is 3. The molecule has 0 bridgehead atoms. The molecule has 3 aliphatic rings. The van der Waals surface area contributed by atoms with Crippen LogP contribution in [0.25, 0.3) is 0 Å². The third-order valence-corrected chi connectivity index (χ3v) is 8.17. The Hall–Kier alpha value is -3.34. The molecule has 0 aliphatic carbocycles. The molecule has 220 valence electrons. The number of benzene rings is 1. The fourth-order valence-corrected chi connectivity index (χ4v) is 6.36. The number of aliphatic carboxylic acids is 1. The van der Waals surface area contributed by atoms with Crippen LogP contribution in [0.15, 0.2) is 18.2 Å². The average Bonchev–Trinajstić information content (AvgIpc) is 3.13. The molecule has 1 aromatic rings. The molecular weight excluding hydrogens is 516 g/mol. The largest absolute Gasteiger partial charge is 0.479 e. The molecule has 3 saturated heterocycles. The van der Waals surface area contributed by atoms with Gasteiger partial charge in [0, 0.05) is 38.6 Å². The SMILES string of the molecule is CCNC(=O)Nc1ccc(OC(CC)C(=O)O)cc1C(=O)N1CCC(N2CCCC3(C2)CC(C)(C)OC3=O)CC1. The summed E-state index contributed by atoms with van der Waals surface area (Å²) in [5.74, 6) is -1.18. The van der Waals surface area contributed by atoms with Crippen molar-refractivity contribution in [2.24, 2.45) is 5.41 Å². The van der Waals surface area contributed by atoms with Gasteiger partial charge in [0.1, 0.15) is 11.4 Å². The number of nitrogens with one attached hydrogen (secondary N) is 2. The van der Waals surface area contributed by atoms with E-state index in [-0.39, 0.29) is 35.7 Å². The molecule has 0 aromatic heterocycles. The summed E-state index contributed by atoms with van der Waals surface area (Å²) in [5.41, 5.74) is -0.305. The summed E-state index contributed by atoms with van der Waals surface area (Å²) in [5, 5.41) is 14.8. The second kappa shape index (κ2) is 12.0. The van der Waals surface area contributed by atoms with Crippen molar-refractivity contribution in [1.82, 2.24) is 15.1 Å². The summed E-state index contributed by atoms with van der Waals surface area (Å²) < 4.78 is 11.3. The molecule has 3 N–H and O–H groups in total. The summed E-state index contributed by atoms with van der Waals surface area (Å²) in [6.07, 6.45) is 3.28. The van der Waals surface area contributed by atoms with Gasteiger partial charge in [-0.2, -0.15) is 0 Å². The Morgan fingerprint density at radius 2 is 1.90 bits per heavy atom. The lowest BCUT2D eigenvalue weighted by Crippen LogP contribution is -2.53. The number of carboxylic acids is 1. The number of hydrogen-bond donors (Lipinski definition) is 3. The predicted molar refractivity (Wildman–Crippen MR) is 148 cm³/mol. The molecule has 11 heteroatoms. The quantitative estimate of drug-likeness (QED) is 0.413. The van der Waals surface area contributed by atoms with Gasteiger partial charge in [-0.05, 0) is 77.6 Å². The summed E-state index contributed by atoms with van der Waals surface area (Å²) in [6.45, 7) is 10.6. The fraction of sp³-hybridized carbons (Fsp3) is 0.655. The van der Waals surface area contributed by atoms with E-state index in [1.807, 2.05) is 13.8 Å². The highest BCUT2D eigenvalue weighted by Crippen LogP contribution is 2.46. The van der Waals surface area contributed by atoms with Crippen molar-refractivity contribution in [2.45, 2.75) is 84.0 Å². The van der Waals surface area contributed by atoms with Crippen molar-refractivity contribution in [3.8, 4) is 5.75 Å². The second-order valence-corrected chi connectivity index (χ2v) is 11.7. The smallest absolute Gasteiger partial charge is 0.344 e. The van der Waals surface area contributed by atoms with Gasteiger partial charge in [-0.3, -0.25) is 14.5 Å². The van der Waals surface area contributed by atoms with E-state index in [1.165, 1.54) is 6.07 Å². The van der Waals surface area contributed by atoms with Crippen LogP contribution in [0.3, 0.4) is 0 Å². The van der Waals surface area contributed by atoms with Crippen LogP contribution in [0, 0.1) is 5.41 Å². The van der Waals surface area contributed by atoms with Crippen LogP contribution < -0.4 is 15.4 Å². The fourth-order valence-electron chi connectivity index (χ4n) is 6.36. The Morgan fingerprint density at radius 1 is 1.18 bits per heavy atom. The van der Waals surface area contributed by atoms with E-state index in [4.69, 9.17) is 9.47 Å². The van der Waals surface area contributed by atoms with Crippen molar-refractivity contribution < 1.29 is 33.8 Å². The molecule has 2 unspecified atom stereocenters. The van der Waals surface area contributed by atoms with E-state index in [9.17, 15) is 24.3 Å². The monoisotopic (exact) mass is 558 g/mol. The highest BCUT2D eigenvalue weighted by atomic mass is 16.6. The van der Waals surface area contributed by atoms with Gasteiger partial charge in [-0.1, -0.05) is 6.92 Å². The Bertz CT molecular complexity index is 1130. The van der Waals surface area contributed by atoms with Gasteiger partial charge in [0.05, 0.1) is 16.7 Å². The maximum absolute atomic E-state index is 13.7. The first-order valence-corrected chi connectivity index (χ1v) is 14.3. The number of amides is 3. The average molecular weight is 559 g/mol. The summed E-state index contributed by atoms with van der Waals surface area (Å²) in [7, 11) is 0. The maximum Gasteiger partial charge on any atom is 0.344 e. The lowest BCUT2D eigenvalue weighted by molar-refractivity contribution is -0.154. The molecule has 0 radical (unpaired) electrons. The van der Waals surface area contributed by atoms with Gasteiger partial charge in [-0.15, -0.1) is 0 Å². The zero-order chi connectivity index (χ0) is 29.1. The Kier molecular flexibility index (Phi) is 8.92. The highest BCUT2D eigenvalue weighted by molar-refractivity contribution is 6.04. The number of carbonyl (C=O) groups is 4. The van der Waals surface area contributed by atoms with Gasteiger partial charge >= 0.3 is 18.0 Å². The first kappa shape index (κ1) is 29.6. The van der Waals surface area contributed by atoms with E-state index in [0.717, 1.165) is 38.6 Å². The van der Waals surface area contributed by atoms with Crippen LogP contribution in [0.4, 0.5) is 10.5 Å². The summed E-state index contributed by atoms with van der Waals surface area (Å²) in [6, 6.07) is 4.45. The number of esters is 1. The number of hydrogen-bond acceptors (Lipinski definition) is 7.